The van der Waals surface area contributed by atoms with E-state index in [0.717, 1.165) is 24.2 Å². The van der Waals surface area contributed by atoms with Crippen LogP contribution in [0.4, 0.5) is 4.79 Å². The van der Waals surface area contributed by atoms with Crippen molar-refractivity contribution >= 4 is 29.5 Å². The van der Waals surface area contributed by atoms with Crippen molar-refractivity contribution in [2.45, 2.75) is 38.1 Å². The molecular weight excluding hydrogens is 332 g/mol. The number of esters is 1. The van der Waals surface area contributed by atoms with Crippen molar-refractivity contribution in [1.82, 2.24) is 10.2 Å². The lowest BCUT2D eigenvalue weighted by atomic mass is 9.73. The summed E-state index contributed by atoms with van der Waals surface area (Å²) in [6, 6.07) is 5.86. The molecule has 2 unspecified atom stereocenters. The van der Waals surface area contributed by atoms with Gasteiger partial charge in [-0.2, -0.15) is 0 Å². The van der Waals surface area contributed by atoms with Gasteiger partial charge in [0.15, 0.2) is 0 Å². The third-order valence-electron chi connectivity index (χ3n) is 4.82. The van der Waals surface area contributed by atoms with Crippen molar-refractivity contribution in [2.24, 2.45) is 5.92 Å². The quantitative estimate of drug-likeness (QED) is 0.516. The summed E-state index contributed by atoms with van der Waals surface area (Å²) < 4.78 is 5.16. The Bertz CT molecular complexity index is 693. The van der Waals surface area contributed by atoms with Crippen molar-refractivity contribution < 1.29 is 19.1 Å². The second kappa shape index (κ2) is 6.43. The topological polar surface area (TPSA) is 75.7 Å². The fourth-order valence-corrected chi connectivity index (χ4v) is 3.64. The normalized spacial score (nSPS) is 26.6. The molecule has 128 valence electrons. The summed E-state index contributed by atoms with van der Waals surface area (Å²) >= 11 is 5.84. The van der Waals surface area contributed by atoms with Crippen molar-refractivity contribution in [3.05, 3.63) is 29.3 Å². The highest BCUT2D eigenvalue weighted by Crippen LogP contribution is 2.38. The Morgan fingerprint density at radius 1 is 1.42 bits per heavy atom. The predicted octanol–water partition coefficient (Wildman–Crippen LogP) is 2.75. The Kier molecular flexibility index (Phi) is 4.49. The van der Waals surface area contributed by atoms with Crippen LogP contribution in [0.25, 0.3) is 0 Å². The standard InChI is InChI=1S/C17H19ClN2O4/c1-11-5-2-3-8-17(11)15(22)20(16(23)19-17)10-14(21)24-13-7-4-6-12(18)9-13/h4,6-7,9,11H,2-3,5,8,10H2,1H3,(H,19,23). The largest absolute Gasteiger partial charge is 0.425 e. The van der Waals surface area contributed by atoms with Gasteiger partial charge in [-0.3, -0.25) is 9.69 Å². The van der Waals surface area contributed by atoms with E-state index in [1.807, 2.05) is 6.92 Å². The van der Waals surface area contributed by atoms with E-state index in [4.69, 9.17) is 16.3 Å². The monoisotopic (exact) mass is 350 g/mol. The van der Waals surface area contributed by atoms with E-state index < -0.39 is 24.1 Å². The number of nitrogens with zero attached hydrogens (tertiary/aromatic N) is 1. The maximum atomic E-state index is 12.8. The number of urea groups is 1. The third kappa shape index (κ3) is 2.98. The zero-order valence-electron chi connectivity index (χ0n) is 13.4. The highest BCUT2D eigenvalue weighted by atomic mass is 35.5. The van der Waals surface area contributed by atoms with Gasteiger partial charge in [0.1, 0.15) is 17.8 Å². The van der Waals surface area contributed by atoms with E-state index in [9.17, 15) is 14.4 Å². The Morgan fingerprint density at radius 3 is 2.92 bits per heavy atom. The number of carbonyl (C=O) groups is 3. The van der Waals surface area contributed by atoms with Gasteiger partial charge >= 0.3 is 12.0 Å². The SMILES string of the molecule is CC1CCCCC12NC(=O)N(CC(=O)Oc1cccc(Cl)c1)C2=O. The highest BCUT2D eigenvalue weighted by molar-refractivity contribution is 6.30. The molecule has 2 atom stereocenters. The van der Waals surface area contributed by atoms with Gasteiger partial charge in [0.05, 0.1) is 0 Å². The van der Waals surface area contributed by atoms with E-state index >= 15 is 0 Å². The molecule has 0 bridgehead atoms. The first-order valence-electron chi connectivity index (χ1n) is 8.03. The molecule has 1 aliphatic heterocycles. The molecule has 1 aliphatic carbocycles. The number of ether oxygens (including phenoxy) is 1. The van der Waals surface area contributed by atoms with Crippen LogP contribution in [0.3, 0.4) is 0 Å². The fourth-order valence-electron chi connectivity index (χ4n) is 3.46. The van der Waals surface area contributed by atoms with E-state index in [2.05, 4.69) is 5.32 Å². The second-order valence-electron chi connectivity index (χ2n) is 6.37. The number of carbonyl (C=O) groups excluding carboxylic acids is 3. The fraction of sp³-hybridized carbons (Fsp3) is 0.471. The molecule has 1 spiro atoms. The van der Waals surface area contributed by atoms with Crippen molar-refractivity contribution in [2.75, 3.05) is 6.54 Å². The third-order valence-corrected chi connectivity index (χ3v) is 5.05. The van der Waals surface area contributed by atoms with Gasteiger partial charge in [-0.1, -0.05) is 37.4 Å². The van der Waals surface area contributed by atoms with Crippen LogP contribution >= 0.6 is 11.6 Å². The summed E-state index contributed by atoms with van der Waals surface area (Å²) in [4.78, 5) is 38.0. The molecule has 3 amide bonds. The number of nitrogens with one attached hydrogen (secondary N) is 1. The Balaban J connectivity index is 1.70. The number of rotatable bonds is 3. The molecule has 2 fully saturated rings. The average molecular weight is 351 g/mol. The molecular formula is C17H19ClN2O4. The molecule has 1 saturated carbocycles. The van der Waals surface area contributed by atoms with E-state index in [1.54, 1.807) is 18.2 Å². The summed E-state index contributed by atoms with van der Waals surface area (Å²) in [7, 11) is 0. The first kappa shape index (κ1) is 16.8. The van der Waals surface area contributed by atoms with Crippen molar-refractivity contribution in [1.29, 1.82) is 0 Å². The van der Waals surface area contributed by atoms with Gasteiger partial charge in [0.2, 0.25) is 0 Å². The Hall–Kier alpha value is -2.08. The zero-order chi connectivity index (χ0) is 17.3. The lowest BCUT2D eigenvalue weighted by molar-refractivity contribution is -0.142. The number of hydrogen-bond donors (Lipinski definition) is 1. The summed E-state index contributed by atoms with van der Waals surface area (Å²) in [5.74, 6) is -0.680. The van der Waals surface area contributed by atoms with Crippen LogP contribution < -0.4 is 10.1 Å². The summed E-state index contributed by atoms with van der Waals surface area (Å²) in [6.45, 7) is 1.55. The van der Waals surface area contributed by atoms with Crippen LogP contribution in [-0.4, -0.2) is 34.9 Å². The smallest absolute Gasteiger partial charge is 0.331 e. The van der Waals surface area contributed by atoms with Gasteiger partial charge in [-0.15, -0.1) is 0 Å². The molecule has 0 aromatic heterocycles. The van der Waals surface area contributed by atoms with Gasteiger partial charge < -0.3 is 10.1 Å². The van der Waals surface area contributed by atoms with Crippen LogP contribution in [0.5, 0.6) is 5.75 Å². The molecule has 1 aromatic carbocycles. The molecule has 7 heteroatoms. The van der Waals surface area contributed by atoms with Crippen molar-refractivity contribution in [3.63, 3.8) is 0 Å². The Labute approximate surface area is 145 Å². The average Bonchev–Trinajstić information content (AvgIpc) is 2.75. The number of benzene rings is 1. The van der Waals surface area contributed by atoms with E-state index in [0.29, 0.717) is 11.4 Å². The number of halogens is 1. The summed E-state index contributed by atoms with van der Waals surface area (Å²) in [5, 5.41) is 3.24. The van der Waals surface area contributed by atoms with E-state index in [-0.39, 0.29) is 17.6 Å². The molecule has 1 N–H and O–H groups in total. The molecule has 6 nitrogen and oxygen atoms in total. The predicted molar refractivity (Wildman–Crippen MR) is 87.7 cm³/mol. The molecule has 1 heterocycles. The van der Waals surface area contributed by atoms with E-state index in [1.165, 1.54) is 6.07 Å². The van der Waals surface area contributed by atoms with Crippen molar-refractivity contribution in [3.8, 4) is 5.75 Å². The zero-order valence-corrected chi connectivity index (χ0v) is 14.1. The molecule has 3 rings (SSSR count). The lowest BCUT2D eigenvalue weighted by Crippen LogP contribution is -2.54. The van der Waals surface area contributed by atoms with Crippen LogP contribution in [0.2, 0.25) is 5.02 Å². The van der Waals surface area contributed by atoms with Gasteiger partial charge in [0, 0.05) is 5.02 Å². The minimum Gasteiger partial charge on any atom is -0.425 e. The summed E-state index contributed by atoms with van der Waals surface area (Å²) in [6.07, 6.45) is 3.42. The minimum atomic E-state index is -0.869. The molecule has 2 aliphatic rings. The highest BCUT2D eigenvalue weighted by Gasteiger charge is 2.55. The molecule has 1 aromatic rings. The molecule has 1 saturated heterocycles. The lowest BCUT2D eigenvalue weighted by Gasteiger charge is -2.36. The second-order valence-corrected chi connectivity index (χ2v) is 6.81. The summed E-state index contributed by atoms with van der Waals surface area (Å²) in [5.41, 5.74) is -0.869. The number of amides is 3. The van der Waals surface area contributed by atoms with Gasteiger partial charge in [-0.25, -0.2) is 9.59 Å². The van der Waals surface area contributed by atoms with Gasteiger partial charge in [0.25, 0.3) is 5.91 Å². The van der Waals surface area contributed by atoms with Crippen LogP contribution in [0.15, 0.2) is 24.3 Å². The van der Waals surface area contributed by atoms with Gasteiger partial charge in [-0.05, 0) is 37.0 Å². The Morgan fingerprint density at radius 2 is 2.21 bits per heavy atom. The number of imide groups is 1. The maximum absolute atomic E-state index is 12.8. The van der Waals surface area contributed by atoms with Crippen LogP contribution in [-0.2, 0) is 9.59 Å². The maximum Gasteiger partial charge on any atom is 0.331 e. The first-order chi connectivity index (χ1) is 11.4. The number of hydrogen-bond acceptors (Lipinski definition) is 4. The molecule has 24 heavy (non-hydrogen) atoms. The van der Waals surface area contributed by atoms with Crippen LogP contribution in [0.1, 0.15) is 32.6 Å². The first-order valence-corrected chi connectivity index (χ1v) is 8.40. The van der Waals surface area contributed by atoms with Crippen LogP contribution in [0, 0.1) is 5.92 Å². The molecule has 0 radical (unpaired) electrons. The minimum absolute atomic E-state index is 0.0525.